The second kappa shape index (κ2) is 7.14. The summed E-state index contributed by atoms with van der Waals surface area (Å²) in [5.74, 6) is -1.51. The molecule has 1 aromatic rings. The van der Waals surface area contributed by atoms with Crippen molar-refractivity contribution in [1.29, 1.82) is 0 Å². The van der Waals surface area contributed by atoms with E-state index < -0.39 is 11.6 Å². The fourth-order valence-electron chi connectivity index (χ4n) is 1.14. The van der Waals surface area contributed by atoms with Crippen LogP contribution in [0.25, 0.3) is 0 Å². The van der Waals surface area contributed by atoms with Crippen LogP contribution in [0.4, 0.5) is 8.78 Å². The third-order valence-corrected chi connectivity index (χ3v) is 1.75. The number of carbonyl (C=O) groups excluding carboxylic acids is 1. The molecule has 0 fully saturated rings. The van der Waals surface area contributed by atoms with Crippen LogP contribution in [0.15, 0.2) is 18.2 Å². The maximum absolute atomic E-state index is 12.7. The third-order valence-electron chi connectivity index (χ3n) is 1.75. The van der Waals surface area contributed by atoms with E-state index in [1.54, 1.807) is 7.05 Å². The number of nitrogens with one attached hydrogen (secondary N) is 2. The van der Waals surface area contributed by atoms with Crippen LogP contribution in [0.2, 0.25) is 0 Å². The molecule has 0 saturated heterocycles. The van der Waals surface area contributed by atoms with Crippen LogP contribution in [0, 0.1) is 11.6 Å². The van der Waals surface area contributed by atoms with Crippen molar-refractivity contribution >= 4 is 18.3 Å². The summed E-state index contributed by atoms with van der Waals surface area (Å²) in [5.41, 5.74) is 0.400. The van der Waals surface area contributed by atoms with Gasteiger partial charge in [0.2, 0.25) is 5.91 Å². The highest BCUT2D eigenvalue weighted by atomic mass is 35.5. The lowest BCUT2D eigenvalue weighted by Gasteiger charge is -2.05. The fraction of sp³-hybridized carbons (Fsp3) is 0.300. The van der Waals surface area contributed by atoms with E-state index in [4.69, 9.17) is 0 Å². The lowest BCUT2D eigenvalue weighted by molar-refractivity contribution is -0.120. The van der Waals surface area contributed by atoms with Crippen molar-refractivity contribution in [3.05, 3.63) is 35.4 Å². The number of carbonyl (C=O) groups is 1. The van der Waals surface area contributed by atoms with Gasteiger partial charge in [0.15, 0.2) is 0 Å². The van der Waals surface area contributed by atoms with Crippen molar-refractivity contribution in [3.8, 4) is 0 Å². The summed E-state index contributed by atoms with van der Waals surface area (Å²) in [7, 11) is 1.64. The van der Waals surface area contributed by atoms with Gasteiger partial charge >= 0.3 is 0 Å². The van der Waals surface area contributed by atoms with Crippen LogP contribution in [0.5, 0.6) is 0 Å². The standard InChI is InChI=1S/C10H12F2N2O.ClH/c1-13-6-10(15)14-5-7-2-8(11)4-9(12)3-7;/h2-4,13H,5-6H2,1H3,(H,14,15);1H. The zero-order chi connectivity index (χ0) is 11.3. The second-order valence-electron chi connectivity index (χ2n) is 3.08. The van der Waals surface area contributed by atoms with Crippen LogP contribution < -0.4 is 10.6 Å². The molecule has 0 atom stereocenters. The van der Waals surface area contributed by atoms with E-state index in [0.717, 1.165) is 6.07 Å². The first-order valence-electron chi connectivity index (χ1n) is 4.48. The van der Waals surface area contributed by atoms with E-state index in [-0.39, 0.29) is 31.4 Å². The molecule has 0 aliphatic carbocycles. The largest absolute Gasteiger partial charge is 0.351 e. The summed E-state index contributed by atoms with van der Waals surface area (Å²) < 4.78 is 25.5. The molecule has 1 amide bonds. The van der Waals surface area contributed by atoms with Gasteiger partial charge in [-0.05, 0) is 24.7 Å². The highest BCUT2D eigenvalue weighted by Gasteiger charge is 2.02. The number of benzene rings is 1. The Morgan fingerprint density at radius 2 is 1.81 bits per heavy atom. The van der Waals surface area contributed by atoms with Gasteiger partial charge in [0.05, 0.1) is 6.54 Å². The summed E-state index contributed by atoms with van der Waals surface area (Å²) in [4.78, 5) is 11.0. The molecule has 0 heterocycles. The van der Waals surface area contributed by atoms with Gasteiger partial charge in [-0.2, -0.15) is 0 Å². The molecule has 0 spiro atoms. The minimum absolute atomic E-state index is 0. The van der Waals surface area contributed by atoms with E-state index in [9.17, 15) is 13.6 Å². The molecule has 6 heteroatoms. The summed E-state index contributed by atoms with van der Waals surface area (Å²) in [6.07, 6.45) is 0. The molecule has 0 saturated carbocycles. The van der Waals surface area contributed by atoms with E-state index in [1.807, 2.05) is 0 Å². The van der Waals surface area contributed by atoms with Crippen molar-refractivity contribution in [2.24, 2.45) is 0 Å². The summed E-state index contributed by atoms with van der Waals surface area (Å²) in [6, 6.07) is 3.16. The molecule has 0 aliphatic heterocycles. The van der Waals surface area contributed by atoms with Crippen LogP contribution in [0.3, 0.4) is 0 Å². The summed E-state index contributed by atoms with van der Waals surface area (Å²) in [5, 5.41) is 5.19. The minimum atomic E-state index is -0.645. The molecule has 1 rings (SSSR count). The molecule has 0 aliphatic rings. The van der Waals surface area contributed by atoms with Gasteiger partial charge in [-0.15, -0.1) is 12.4 Å². The van der Waals surface area contributed by atoms with Gasteiger partial charge < -0.3 is 10.6 Å². The quantitative estimate of drug-likeness (QED) is 0.844. The van der Waals surface area contributed by atoms with Gasteiger partial charge in [0, 0.05) is 12.6 Å². The van der Waals surface area contributed by atoms with Crippen LogP contribution in [-0.2, 0) is 11.3 Å². The predicted octanol–water partition coefficient (Wildman–Crippen LogP) is 1.22. The molecule has 3 nitrogen and oxygen atoms in total. The Labute approximate surface area is 98.6 Å². The Morgan fingerprint density at radius 1 is 1.25 bits per heavy atom. The number of hydrogen-bond donors (Lipinski definition) is 2. The molecule has 0 unspecified atom stereocenters. The van der Waals surface area contributed by atoms with Crippen molar-refractivity contribution in [2.45, 2.75) is 6.54 Å². The van der Waals surface area contributed by atoms with Crippen LogP contribution in [-0.4, -0.2) is 19.5 Å². The smallest absolute Gasteiger partial charge is 0.234 e. The molecule has 0 radical (unpaired) electrons. The topological polar surface area (TPSA) is 41.1 Å². The average molecular weight is 251 g/mol. The van der Waals surface area contributed by atoms with Crippen molar-refractivity contribution in [1.82, 2.24) is 10.6 Å². The second-order valence-corrected chi connectivity index (χ2v) is 3.08. The van der Waals surface area contributed by atoms with Gasteiger partial charge in [-0.25, -0.2) is 8.78 Å². The molecule has 0 bridgehead atoms. The first-order chi connectivity index (χ1) is 7.11. The lowest BCUT2D eigenvalue weighted by Crippen LogP contribution is -2.31. The maximum atomic E-state index is 12.7. The Hall–Kier alpha value is -1.20. The molecule has 1 aromatic carbocycles. The number of amides is 1. The van der Waals surface area contributed by atoms with Gasteiger partial charge in [-0.3, -0.25) is 4.79 Å². The molecular formula is C10H13ClF2N2O. The number of halogens is 3. The first kappa shape index (κ1) is 14.8. The number of rotatable bonds is 4. The van der Waals surface area contributed by atoms with E-state index >= 15 is 0 Å². The van der Waals surface area contributed by atoms with Crippen LogP contribution in [0.1, 0.15) is 5.56 Å². The zero-order valence-corrected chi connectivity index (χ0v) is 9.54. The highest BCUT2D eigenvalue weighted by Crippen LogP contribution is 2.07. The van der Waals surface area contributed by atoms with E-state index in [2.05, 4.69) is 10.6 Å². The van der Waals surface area contributed by atoms with Crippen LogP contribution >= 0.6 is 12.4 Å². The van der Waals surface area contributed by atoms with E-state index in [0.29, 0.717) is 5.56 Å². The maximum Gasteiger partial charge on any atom is 0.234 e. The van der Waals surface area contributed by atoms with Crippen molar-refractivity contribution in [2.75, 3.05) is 13.6 Å². The third kappa shape index (κ3) is 5.04. The molecule has 90 valence electrons. The summed E-state index contributed by atoms with van der Waals surface area (Å²) in [6.45, 7) is 0.299. The monoisotopic (exact) mass is 250 g/mol. The normalized spacial score (nSPS) is 9.44. The Kier molecular flexibility index (Phi) is 6.60. The van der Waals surface area contributed by atoms with E-state index in [1.165, 1.54) is 12.1 Å². The highest BCUT2D eigenvalue weighted by molar-refractivity contribution is 5.85. The van der Waals surface area contributed by atoms with Crippen molar-refractivity contribution < 1.29 is 13.6 Å². The zero-order valence-electron chi connectivity index (χ0n) is 8.72. The minimum Gasteiger partial charge on any atom is -0.351 e. The predicted molar refractivity (Wildman–Crippen MR) is 59.4 cm³/mol. The Balaban J connectivity index is 0.00000225. The molecule has 0 aromatic heterocycles. The Morgan fingerprint density at radius 3 is 2.31 bits per heavy atom. The first-order valence-corrected chi connectivity index (χ1v) is 4.48. The molecular weight excluding hydrogens is 238 g/mol. The average Bonchev–Trinajstić information content (AvgIpc) is 2.14. The van der Waals surface area contributed by atoms with Crippen molar-refractivity contribution in [3.63, 3.8) is 0 Å². The fourth-order valence-corrected chi connectivity index (χ4v) is 1.14. The molecule has 2 N–H and O–H groups in total. The Bertz CT molecular complexity index is 340. The SMILES string of the molecule is CNCC(=O)NCc1cc(F)cc(F)c1.Cl. The lowest BCUT2D eigenvalue weighted by atomic mass is 10.2. The summed E-state index contributed by atoms with van der Waals surface area (Å²) >= 11 is 0. The van der Waals surface area contributed by atoms with Gasteiger partial charge in [0.25, 0.3) is 0 Å². The number of hydrogen-bond acceptors (Lipinski definition) is 2. The number of likely N-dealkylation sites (N-methyl/N-ethyl adjacent to an activating group) is 1. The molecule has 16 heavy (non-hydrogen) atoms. The van der Waals surface area contributed by atoms with Gasteiger partial charge in [-0.1, -0.05) is 0 Å². The van der Waals surface area contributed by atoms with Gasteiger partial charge in [0.1, 0.15) is 11.6 Å².